The van der Waals surface area contributed by atoms with E-state index in [4.69, 9.17) is 0 Å². The van der Waals surface area contributed by atoms with E-state index >= 15 is 0 Å². The molecule has 1 amide bonds. The molecule has 7 nitrogen and oxygen atoms in total. The van der Waals surface area contributed by atoms with Crippen LogP contribution in [0.25, 0.3) is 5.69 Å². The summed E-state index contributed by atoms with van der Waals surface area (Å²) in [5.41, 5.74) is 1.70. The van der Waals surface area contributed by atoms with Gasteiger partial charge in [-0.3, -0.25) is 9.69 Å². The number of benzene rings is 2. The van der Waals surface area contributed by atoms with Crippen molar-refractivity contribution in [2.45, 2.75) is 42.8 Å². The van der Waals surface area contributed by atoms with Crippen LogP contribution in [0.15, 0.2) is 59.5 Å². The molecule has 0 N–H and O–H groups in total. The van der Waals surface area contributed by atoms with Gasteiger partial charge in [-0.1, -0.05) is 49.6 Å². The Kier molecular flexibility index (Phi) is 7.56. The molecule has 5 rings (SSSR count). The fraction of sp³-hybridized carbons (Fsp3) is 0.462. The quantitative estimate of drug-likeness (QED) is 0.474. The van der Waals surface area contributed by atoms with Gasteiger partial charge in [0.2, 0.25) is 0 Å². The van der Waals surface area contributed by atoms with Gasteiger partial charge in [-0.2, -0.15) is 4.68 Å². The van der Waals surface area contributed by atoms with Gasteiger partial charge in [-0.25, -0.2) is 0 Å². The monoisotopic (exact) mass is 476 g/mol. The van der Waals surface area contributed by atoms with Gasteiger partial charge in [0.1, 0.15) is 0 Å². The fourth-order valence-electron chi connectivity index (χ4n) is 5.02. The van der Waals surface area contributed by atoms with E-state index in [1.165, 1.54) is 38.6 Å². The third-order valence-electron chi connectivity index (χ3n) is 6.91. The number of piperazine rings is 1. The number of hydrogen-bond acceptors (Lipinski definition) is 6. The lowest BCUT2D eigenvalue weighted by molar-refractivity contribution is 0.0603. The third-order valence-corrected chi connectivity index (χ3v) is 7.98. The Morgan fingerprint density at radius 3 is 2.44 bits per heavy atom. The highest BCUT2D eigenvalue weighted by Crippen LogP contribution is 2.28. The summed E-state index contributed by atoms with van der Waals surface area (Å²) in [6.45, 7) is 4.75. The first-order valence-electron chi connectivity index (χ1n) is 12.3. The lowest BCUT2D eigenvalue weighted by atomic mass is 9.89. The number of tetrazole rings is 1. The predicted octanol–water partition coefficient (Wildman–Crippen LogP) is 4.29. The van der Waals surface area contributed by atoms with Crippen LogP contribution < -0.4 is 0 Å². The molecule has 2 fully saturated rings. The number of thioether (sulfide) groups is 1. The van der Waals surface area contributed by atoms with Crippen LogP contribution in [0.2, 0.25) is 0 Å². The maximum atomic E-state index is 13.4. The van der Waals surface area contributed by atoms with E-state index in [-0.39, 0.29) is 5.91 Å². The Bertz CT molecular complexity index is 1070. The van der Waals surface area contributed by atoms with Crippen LogP contribution in [0, 0.1) is 5.92 Å². The lowest BCUT2D eigenvalue weighted by Crippen LogP contribution is -2.50. The Hall–Kier alpha value is -2.71. The average molecular weight is 477 g/mol. The van der Waals surface area contributed by atoms with E-state index in [0.717, 1.165) is 54.1 Å². The second-order valence-corrected chi connectivity index (χ2v) is 10.2. The molecule has 1 aliphatic carbocycles. The summed E-state index contributed by atoms with van der Waals surface area (Å²) in [4.78, 5) is 19.0. The first kappa shape index (κ1) is 23.1. The molecule has 2 aromatic carbocycles. The molecule has 3 aromatic rings. The fourth-order valence-corrected chi connectivity index (χ4v) is 5.97. The maximum absolute atomic E-state index is 13.4. The number of carbonyl (C=O) groups is 1. The molecule has 0 unspecified atom stereocenters. The molecule has 0 bridgehead atoms. The van der Waals surface area contributed by atoms with Crippen molar-refractivity contribution < 1.29 is 4.79 Å². The molecule has 1 aromatic heterocycles. The standard InChI is InChI=1S/C26H32N6OS/c33-26(31-17-15-30(16-18-31)19-21-9-3-1-4-10-21)23-13-7-8-14-24(23)34-20-25-27-28-29-32(25)22-11-5-2-6-12-22/h2,5-8,11-14,21H,1,3-4,9-10,15-20H2. The summed E-state index contributed by atoms with van der Waals surface area (Å²) in [5.74, 6) is 2.32. The third kappa shape index (κ3) is 5.50. The van der Waals surface area contributed by atoms with E-state index in [0.29, 0.717) is 5.75 Å². The zero-order chi connectivity index (χ0) is 23.2. The normalized spacial score (nSPS) is 17.7. The number of carbonyl (C=O) groups excluding carboxylic acids is 1. The minimum absolute atomic E-state index is 0.128. The van der Waals surface area contributed by atoms with Crippen molar-refractivity contribution in [3.8, 4) is 5.69 Å². The summed E-state index contributed by atoms with van der Waals surface area (Å²) in [7, 11) is 0. The summed E-state index contributed by atoms with van der Waals surface area (Å²) in [5, 5.41) is 12.2. The highest BCUT2D eigenvalue weighted by molar-refractivity contribution is 7.98. The molecule has 1 aliphatic heterocycles. The molecular weight excluding hydrogens is 444 g/mol. The van der Waals surface area contributed by atoms with Crippen LogP contribution in [0.4, 0.5) is 0 Å². The van der Waals surface area contributed by atoms with Crippen LogP contribution in [0.3, 0.4) is 0 Å². The number of hydrogen-bond donors (Lipinski definition) is 0. The van der Waals surface area contributed by atoms with E-state index < -0.39 is 0 Å². The number of amides is 1. The minimum Gasteiger partial charge on any atom is -0.336 e. The van der Waals surface area contributed by atoms with E-state index in [9.17, 15) is 4.79 Å². The van der Waals surface area contributed by atoms with Crippen molar-refractivity contribution in [3.63, 3.8) is 0 Å². The van der Waals surface area contributed by atoms with Gasteiger partial charge in [0.05, 0.1) is 17.0 Å². The van der Waals surface area contributed by atoms with Gasteiger partial charge in [0.15, 0.2) is 5.82 Å². The lowest BCUT2D eigenvalue weighted by Gasteiger charge is -2.37. The Labute approximate surface area is 205 Å². The van der Waals surface area contributed by atoms with Crippen LogP contribution in [0.5, 0.6) is 0 Å². The van der Waals surface area contributed by atoms with Crippen LogP contribution in [-0.4, -0.2) is 68.6 Å². The number of rotatable bonds is 7. The molecular formula is C26H32N6OS. The second kappa shape index (κ2) is 11.1. The van der Waals surface area contributed by atoms with Crippen molar-refractivity contribution in [1.29, 1.82) is 0 Å². The highest BCUT2D eigenvalue weighted by atomic mass is 32.2. The first-order chi connectivity index (χ1) is 16.8. The second-order valence-electron chi connectivity index (χ2n) is 9.22. The van der Waals surface area contributed by atoms with Crippen LogP contribution >= 0.6 is 11.8 Å². The molecule has 0 radical (unpaired) electrons. The molecule has 1 saturated carbocycles. The predicted molar refractivity (Wildman–Crippen MR) is 134 cm³/mol. The van der Waals surface area contributed by atoms with Crippen LogP contribution in [-0.2, 0) is 5.75 Å². The molecule has 2 aliphatic rings. The number of para-hydroxylation sites is 1. The smallest absolute Gasteiger partial charge is 0.255 e. The first-order valence-corrected chi connectivity index (χ1v) is 13.3. The van der Waals surface area contributed by atoms with Gasteiger partial charge in [-0.15, -0.1) is 16.9 Å². The topological polar surface area (TPSA) is 67.2 Å². The van der Waals surface area contributed by atoms with Crippen molar-refractivity contribution in [2.24, 2.45) is 5.92 Å². The zero-order valence-electron chi connectivity index (χ0n) is 19.6. The summed E-state index contributed by atoms with van der Waals surface area (Å²) < 4.78 is 1.75. The van der Waals surface area contributed by atoms with Crippen molar-refractivity contribution in [2.75, 3.05) is 32.7 Å². The van der Waals surface area contributed by atoms with Gasteiger partial charge in [0.25, 0.3) is 5.91 Å². The van der Waals surface area contributed by atoms with Crippen molar-refractivity contribution in [1.82, 2.24) is 30.0 Å². The SMILES string of the molecule is O=C(c1ccccc1SCc1nnnn1-c1ccccc1)N1CCN(CC2CCCCC2)CC1. The molecule has 34 heavy (non-hydrogen) atoms. The highest BCUT2D eigenvalue weighted by Gasteiger charge is 2.26. The summed E-state index contributed by atoms with van der Waals surface area (Å²) in [6.07, 6.45) is 6.91. The summed E-state index contributed by atoms with van der Waals surface area (Å²) in [6, 6.07) is 17.8. The summed E-state index contributed by atoms with van der Waals surface area (Å²) >= 11 is 1.61. The van der Waals surface area contributed by atoms with Gasteiger partial charge >= 0.3 is 0 Å². The minimum atomic E-state index is 0.128. The van der Waals surface area contributed by atoms with Gasteiger partial charge in [0, 0.05) is 37.6 Å². The van der Waals surface area contributed by atoms with Gasteiger partial charge in [-0.05, 0) is 53.5 Å². The van der Waals surface area contributed by atoms with E-state index in [1.54, 1.807) is 16.4 Å². The largest absolute Gasteiger partial charge is 0.336 e. The molecule has 1 saturated heterocycles. The van der Waals surface area contributed by atoms with E-state index in [1.807, 2.05) is 59.5 Å². The number of aromatic nitrogens is 4. The van der Waals surface area contributed by atoms with E-state index in [2.05, 4.69) is 20.4 Å². The van der Waals surface area contributed by atoms with Gasteiger partial charge < -0.3 is 4.90 Å². The maximum Gasteiger partial charge on any atom is 0.255 e. The Morgan fingerprint density at radius 2 is 1.65 bits per heavy atom. The molecule has 0 spiro atoms. The number of nitrogens with zero attached hydrogens (tertiary/aromatic N) is 6. The average Bonchev–Trinajstić information content (AvgIpc) is 3.38. The van der Waals surface area contributed by atoms with Crippen molar-refractivity contribution >= 4 is 17.7 Å². The Morgan fingerprint density at radius 1 is 0.912 bits per heavy atom. The molecule has 178 valence electrons. The zero-order valence-corrected chi connectivity index (χ0v) is 20.4. The molecule has 0 atom stereocenters. The van der Waals surface area contributed by atoms with Crippen molar-refractivity contribution in [3.05, 3.63) is 66.0 Å². The molecule has 2 heterocycles. The Balaban J connectivity index is 1.20. The van der Waals surface area contributed by atoms with Crippen LogP contribution in [0.1, 0.15) is 48.3 Å². The molecule has 8 heteroatoms.